The summed E-state index contributed by atoms with van der Waals surface area (Å²) in [6.45, 7) is 15.2. The Morgan fingerprint density at radius 3 is 1.77 bits per heavy atom. The Balaban J connectivity index is 4.86. The highest BCUT2D eigenvalue weighted by Gasteiger charge is 2.29. The molecule has 53 heavy (non-hydrogen) atoms. The van der Waals surface area contributed by atoms with E-state index in [1.54, 1.807) is 0 Å². The smallest absolute Gasteiger partial charge is 0.333 e. The first-order chi connectivity index (χ1) is 25.9. The minimum Gasteiger partial charge on any atom is -0.395 e. The Hall–Kier alpha value is -0.193. The van der Waals surface area contributed by atoms with Crippen LogP contribution in [-0.2, 0) is 13.6 Å². The molecule has 0 spiro atoms. The van der Waals surface area contributed by atoms with Gasteiger partial charge in [0.15, 0.2) is 0 Å². The molecule has 0 fully saturated rings. The molecule has 0 bridgehead atoms. The van der Waals surface area contributed by atoms with Crippen molar-refractivity contribution in [3.8, 4) is 0 Å². The SMILES string of the molecule is CCCCC/C=C\C/C=C\CCCCCCCC(OCC(CCCCCCCC)SCCCCC)O[Si](C)(C)OCCCCCCN(CCO)CCO. The van der Waals surface area contributed by atoms with Crippen LogP contribution in [0.15, 0.2) is 24.3 Å². The van der Waals surface area contributed by atoms with Gasteiger partial charge in [0.25, 0.3) is 0 Å². The van der Waals surface area contributed by atoms with Gasteiger partial charge in [0, 0.05) is 24.9 Å². The standard InChI is InChI=1S/C45H91NO5SSi/c1-6-9-12-14-16-17-18-19-20-21-22-23-24-26-30-35-45(49-43-44(52-42-33-11-8-3)34-29-25-15-13-10-7-2)51-53(4,5)50-41-32-28-27-31-36-46(37-39-47)38-40-48/h16-17,19-20,44-45,47-48H,6-15,18,21-43H2,1-5H3/b17-16-,20-19-. The van der Waals surface area contributed by atoms with E-state index < -0.39 is 8.56 Å². The minimum atomic E-state index is -2.34. The second-order valence-electron chi connectivity index (χ2n) is 15.6. The summed E-state index contributed by atoms with van der Waals surface area (Å²) in [5.41, 5.74) is 0. The van der Waals surface area contributed by atoms with E-state index in [1.165, 1.54) is 128 Å². The van der Waals surface area contributed by atoms with Crippen molar-refractivity contribution in [2.45, 2.75) is 212 Å². The number of unbranched alkanes of at least 4 members (excludes halogenated alkanes) is 18. The van der Waals surface area contributed by atoms with Crippen LogP contribution in [0, 0.1) is 0 Å². The Kier molecular flexibility index (Phi) is 41.3. The molecule has 6 nitrogen and oxygen atoms in total. The normalized spacial score (nSPS) is 13.7. The van der Waals surface area contributed by atoms with E-state index in [-0.39, 0.29) is 19.5 Å². The van der Waals surface area contributed by atoms with Crippen LogP contribution in [0.3, 0.4) is 0 Å². The Bertz CT molecular complexity index is 780. The summed E-state index contributed by atoms with van der Waals surface area (Å²) < 4.78 is 19.9. The molecular formula is C45H91NO5SSi. The highest BCUT2D eigenvalue weighted by molar-refractivity contribution is 7.99. The molecule has 0 heterocycles. The molecule has 2 unspecified atom stereocenters. The number of aliphatic hydroxyl groups is 2. The molecule has 0 aliphatic rings. The number of rotatable bonds is 43. The van der Waals surface area contributed by atoms with E-state index in [9.17, 15) is 10.2 Å². The minimum absolute atomic E-state index is 0.144. The molecule has 0 radical (unpaired) electrons. The molecule has 8 heteroatoms. The fourth-order valence-electron chi connectivity index (χ4n) is 6.56. The summed E-state index contributed by atoms with van der Waals surface area (Å²) in [4.78, 5) is 2.14. The van der Waals surface area contributed by atoms with Crippen LogP contribution in [0.1, 0.15) is 188 Å². The van der Waals surface area contributed by atoms with Crippen LogP contribution < -0.4 is 0 Å². The first-order valence-corrected chi connectivity index (χ1v) is 26.6. The predicted molar refractivity (Wildman–Crippen MR) is 236 cm³/mol. The quantitative estimate of drug-likeness (QED) is 0.0276. The third-order valence-electron chi connectivity index (χ3n) is 9.91. The highest BCUT2D eigenvalue weighted by Crippen LogP contribution is 2.24. The van der Waals surface area contributed by atoms with Crippen LogP contribution >= 0.6 is 11.8 Å². The second-order valence-corrected chi connectivity index (χ2v) is 20.3. The van der Waals surface area contributed by atoms with Gasteiger partial charge >= 0.3 is 8.56 Å². The maximum Gasteiger partial charge on any atom is 0.333 e. The van der Waals surface area contributed by atoms with Crippen molar-refractivity contribution < 1.29 is 23.8 Å². The molecule has 0 aromatic rings. The molecule has 0 aromatic carbocycles. The first kappa shape index (κ1) is 52.8. The number of thioether (sulfide) groups is 1. The Morgan fingerprint density at radius 1 is 0.585 bits per heavy atom. The van der Waals surface area contributed by atoms with E-state index in [4.69, 9.17) is 13.6 Å². The van der Waals surface area contributed by atoms with Crippen molar-refractivity contribution in [2.75, 3.05) is 51.8 Å². The van der Waals surface area contributed by atoms with Crippen LogP contribution in [0.4, 0.5) is 0 Å². The van der Waals surface area contributed by atoms with Gasteiger partial charge < -0.3 is 23.8 Å². The summed E-state index contributed by atoms with van der Waals surface area (Å²) in [6.07, 6.45) is 41.4. The van der Waals surface area contributed by atoms with Gasteiger partial charge in [0.05, 0.1) is 19.8 Å². The summed E-state index contributed by atoms with van der Waals surface area (Å²) in [7, 11) is -2.34. The molecule has 2 N–H and O–H groups in total. The maximum absolute atomic E-state index is 9.24. The van der Waals surface area contributed by atoms with Crippen LogP contribution in [0.5, 0.6) is 0 Å². The molecule has 0 amide bonds. The number of aliphatic hydroxyl groups excluding tert-OH is 2. The van der Waals surface area contributed by atoms with Gasteiger partial charge in [-0.1, -0.05) is 141 Å². The molecule has 316 valence electrons. The van der Waals surface area contributed by atoms with Crippen molar-refractivity contribution in [2.24, 2.45) is 0 Å². The molecule has 0 saturated carbocycles. The average molecular weight is 786 g/mol. The molecule has 2 atom stereocenters. The third kappa shape index (κ3) is 38.5. The Morgan fingerprint density at radius 2 is 1.11 bits per heavy atom. The number of hydrogen-bond donors (Lipinski definition) is 2. The summed E-state index contributed by atoms with van der Waals surface area (Å²) in [6, 6.07) is 0. The van der Waals surface area contributed by atoms with E-state index >= 15 is 0 Å². The zero-order valence-corrected chi connectivity index (χ0v) is 37.8. The van der Waals surface area contributed by atoms with E-state index in [0.29, 0.717) is 18.3 Å². The van der Waals surface area contributed by atoms with Crippen molar-refractivity contribution >= 4 is 20.3 Å². The third-order valence-corrected chi connectivity index (χ3v) is 13.0. The first-order valence-electron chi connectivity index (χ1n) is 22.7. The molecular weight excluding hydrogens is 695 g/mol. The molecule has 0 aromatic heterocycles. The van der Waals surface area contributed by atoms with Gasteiger partial charge in [-0.2, -0.15) is 11.8 Å². The highest BCUT2D eigenvalue weighted by atomic mass is 32.2. The van der Waals surface area contributed by atoms with Crippen LogP contribution in [0.25, 0.3) is 0 Å². The zero-order chi connectivity index (χ0) is 38.9. The second kappa shape index (κ2) is 41.4. The lowest BCUT2D eigenvalue weighted by Crippen LogP contribution is -2.41. The average Bonchev–Trinajstić information content (AvgIpc) is 3.14. The predicted octanol–water partition coefficient (Wildman–Crippen LogP) is 12.8. The van der Waals surface area contributed by atoms with Gasteiger partial charge in [0.2, 0.25) is 0 Å². The lowest BCUT2D eigenvalue weighted by Gasteiger charge is -2.30. The lowest BCUT2D eigenvalue weighted by molar-refractivity contribution is -0.103. The zero-order valence-electron chi connectivity index (χ0n) is 36.0. The lowest BCUT2D eigenvalue weighted by atomic mass is 10.1. The van der Waals surface area contributed by atoms with E-state index in [0.717, 1.165) is 64.7 Å². The molecule has 0 rings (SSSR count). The maximum atomic E-state index is 9.24. The van der Waals surface area contributed by atoms with Crippen molar-refractivity contribution in [1.82, 2.24) is 4.90 Å². The topological polar surface area (TPSA) is 71.4 Å². The largest absolute Gasteiger partial charge is 0.395 e. The van der Waals surface area contributed by atoms with Crippen molar-refractivity contribution in [3.63, 3.8) is 0 Å². The van der Waals surface area contributed by atoms with Gasteiger partial charge in [-0.25, -0.2) is 0 Å². The fraction of sp³-hybridized carbons (Fsp3) is 0.911. The monoisotopic (exact) mass is 786 g/mol. The van der Waals surface area contributed by atoms with Crippen LogP contribution in [0.2, 0.25) is 13.1 Å². The number of ether oxygens (including phenoxy) is 1. The number of allylic oxidation sites excluding steroid dienone is 4. The van der Waals surface area contributed by atoms with Gasteiger partial charge in [0.1, 0.15) is 6.29 Å². The summed E-state index contributed by atoms with van der Waals surface area (Å²) in [5, 5.41) is 19.0. The molecule has 0 saturated heterocycles. The number of nitrogens with zero attached hydrogens (tertiary/aromatic N) is 1. The van der Waals surface area contributed by atoms with Gasteiger partial charge in [-0.15, -0.1) is 0 Å². The van der Waals surface area contributed by atoms with Crippen molar-refractivity contribution in [3.05, 3.63) is 24.3 Å². The molecule has 0 aliphatic carbocycles. The Labute approximate surface area is 336 Å². The van der Waals surface area contributed by atoms with Crippen LogP contribution in [-0.4, -0.2) is 87.0 Å². The van der Waals surface area contributed by atoms with E-state index in [1.807, 2.05) is 0 Å². The van der Waals surface area contributed by atoms with E-state index in [2.05, 4.69) is 74.8 Å². The number of hydrogen-bond acceptors (Lipinski definition) is 7. The summed E-state index contributed by atoms with van der Waals surface area (Å²) >= 11 is 2.13. The molecule has 0 aliphatic heterocycles. The van der Waals surface area contributed by atoms with Gasteiger partial charge in [-0.05, 0) is 96.0 Å². The fourth-order valence-corrected chi connectivity index (χ4v) is 9.30. The van der Waals surface area contributed by atoms with Gasteiger partial charge in [-0.3, -0.25) is 4.90 Å². The van der Waals surface area contributed by atoms with Crippen molar-refractivity contribution in [1.29, 1.82) is 0 Å². The summed E-state index contributed by atoms with van der Waals surface area (Å²) in [5.74, 6) is 1.23.